The quantitative estimate of drug-likeness (QED) is 0.505. The molecule has 5 rings (SSSR count). The van der Waals surface area contributed by atoms with E-state index in [0.717, 1.165) is 18.7 Å². The predicted molar refractivity (Wildman–Crippen MR) is 107 cm³/mol. The van der Waals surface area contributed by atoms with Gasteiger partial charge in [0.15, 0.2) is 5.82 Å². The second kappa shape index (κ2) is 7.83. The van der Waals surface area contributed by atoms with Crippen LogP contribution in [0.2, 0.25) is 0 Å². The van der Waals surface area contributed by atoms with Crippen LogP contribution in [0.4, 0.5) is 4.39 Å². The molecule has 0 radical (unpaired) electrons. The Kier molecular flexibility index (Phi) is 4.88. The van der Waals surface area contributed by atoms with Crippen LogP contribution in [0.5, 0.6) is 0 Å². The van der Waals surface area contributed by atoms with E-state index in [4.69, 9.17) is 4.52 Å². The minimum atomic E-state index is -0.315. The van der Waals surface area contributed by atoms with Crippen molar-refractivity contribution in [2.24, 2.45) is 0 Å². The molecule has 30 heavy (non-hydrogen) atoms. The minimum absolute atomic E-state index is 0.208. The van der Waals surface area contributed by atoms with Crippen LogP contribution in [0.15, 0.2) is 52.0 Å². The first-order valence-corrected chi connectivity index (χ1v) is 10.0. The fourth-order valence-electron chi connectivity index (χ4n) is 3.79. The summed E-state index contributed by atoms with van der Waals surface area (Å²) in [5.41, 5.74) is 1.56. The van der Waals surface area contributed by atoms with E-state index in [1.165, 1.54) is 40.5 Å². The molecule has 0 unspecified atom stereocenters. The van der Waals surface area contributed by atoms with E-state index in [1.807, 2.05) is 0 Å². The Labute approximate surface area is 171 Å². The molecular formula is C21H21FN6O2. The van der Waals surface area contributed by atoms with Crippen molar-refractivity contribution in [2.45, 2.75) is 32.4 Å². The van der Waals surface area contributed by atoms with Crippen LogP contribution < -0.4 is 5.56 Å². The van der Waals surface area contributed by atoms with Crippen LogP contribution in [-0.2, 0) is 13.1 Å². The second-order valence-corrected chi connectivity index (χ2v) is 7.54. The van der Waals surface area contributed by atoms with Gasteiger partial charge in [-0.15, -0.1) is 0 Å². The first kappa shape index (κ1) is 18.7. The predicted octanol–water partition coefficient (Wildman–Crippen LogP) is 2.72. The SMILES string of the molecule is O=c1c2cc(-c3ccc(F)cc3)nn2ccn1Cc1noc(CN2CCCCC2)n1. The Morgan fingerprint density at radius 1 is 1.03 bits per heavy atom. The highest BCUT2D eigenvalue weighted by molar-refractivity contribution is 5.65. The van der Waals surface area contributed by atoms with Gasteiger partial charge in [0, 0.05) is 18.0 Å². The number of nitrogens with zero attached hydrogens (tertiary/aromatic N) is 6. The first-order chi connectivity index (χ1) is 14.7. The summed E-state index contributed by atoms with van der Waals surface area (Å²) in [5, 5.41) is 8.45. The molecule has 4 heterocycles. The average Bonchev–Trinajstić information content (AvgIpc) is 3.39. The normalized spacial score (nSPS) is 15.1. The molecule has 0 aliphatic carbocycles. The zero-order valence-electron chi connectivity index (χ0n) is 16.4. The van der Waals surface area contributed by atoms with Crippen molar-refractivity contribution in [3.05, 3.63) is 70.6 Å². The Balaban J connectivity index is 1.36. The largest absolute Gasteiger partial charge is 0.338 e. The van der Waals surface area contributed by atoms with E-state index in [1.54, 1.807) is 30.6 Å². The van der Waals surface area contributed by atoms with Gasteiger partial charge in [0.05, 0.1) is 18.8 Å². The molecule has 0 spiro atoms. The Morgan fingerprint density at radius 2 is 1.83 bits per heavy atom. The van der Waals surface area contributed by atoms with Gasteiger partial charge in [0.25, 0.3) is 5.56 Å². The van der Waals surface area contributed by atoms with Crippen molar-refractivity contribution < 1.29 is 8.91 Å². The summed E-state index contributed by atoms with van der Waals surface area (Å²) in [4.78, 5) is 19.7. The zero-order chi connectivity index (χ0) is 20.5. The van der Waals surface area contributed by atoms with Crippen LogP contribution >= 0.6 is 0 Å². The van der Waals surface area contributed by atoms with Gasteiger partial charge >= 0.3 is 0 Å². The number of likely N-dealkylation sites (tertiary alicyclic amines) is 1. The van der Waals surface area contributed by atoms with E-state index in [0.29, 0.717) is 29.5 Å². The standard InChI is InChI=1S/C21H21FN6O2/c22-16-6-4-15(5-7-16)17-12-18-21(29)27(10-11-28(18)24-17)13-19-23-20(30-25-19)14-26-8-2-1-3-9-26/h4-7,10-12H,1-3,8-9,13-14H2. The molecule has 1 saturated heterocycles. The van der Waals surface area contributed by atoms with Crippen LogP contribution in [0.25, 0.3) is 16.8 Å². The lowest BCUT2D eigenvalue weighted by atomic mass is 10.1. The third kappa shape index (κ3) is 3.76. The summed E-state index contributed by atoms with van der Waals surface area (Å²) >= 11 is 0. The van der Waals surface area contributed by atoms with E-state index < -0.39 is 0 Å². The number of rotatable bonds is 5. The highest BCUT2D eigenvalue weighted by Gasteiger charge is 2.16. The average molecular weight is 408 g/mol. The third-order valence-electron chi connectivity index (χ3n) is 5.37. The molecule has 0 amide bonds. The molecule has 0 saturated carbocycles. The van der Waals surface area contributed by atoms with E-state index in [9.17, 15) is 9.18 Å². The van der Waals surface area contributed by atoms with Gasteiger partial charge in [-0.2, -0.15) is 10.1 Å². The Hall–Kier alpha value is -3.33. The summed E-state index contributed by atoms with van der Waals surface area (Å²) in [6, 6.07) is 7.71. The van der Waals surface area contributed by atoms with Gasteiger partial charge in [0.2, 0.25) is 5.89 Å². The first-order valence-electron chi connectivity index (χ1n) is 10.0. The number of aromatic nitrogens is 5. The lowest BCUT2D eigenvalue weighted by Gasteiger charge is -2.24. The zero-order valence-corrected chi connectivity index (χ0v) is 16.4. The van der Waals surface area contributed by atoms with Crippen LogP contribution in [0, 0.1) is 5.82 Å². The van der Waals surface area contributed by atoms with E-state index >= 15 is 0 Å². The molecule has 154 valence electrons. The molecule has 1 aliphatic rings. The lowest BCUT2D eigenvalue weighted by molar-refractivity contribution is 0.193. The molecule has 3 aromatic heterocycles. The maximum atomic E-state index is 13.2. The van der Waals surface area contributed by atoms with Crippen molar-refractivity contribution in [1.82, 2.24) is 29.2 Å². The van der Waals surface area contributed by atoms with Crippen molar-refractivity contribution in [3.63, 3.8) is 0 Å². The number of hydrogen-bond acceptors (Lipinski definition) is 6. The monoisotopic (exact) mass is 408 g/mol. The number of piperidine rings is 1. The third-order valence-corrected chi connectivity index (χ3v) is 5.37. The molecule has 1 aromatic carbocycles. The van der Waals surface area contributed by atoms with Crippen LogP contribution in [0.1, 0.15) is 31.0 Å². The molecule has 9 heteroatoms. The van der Waals surface area contributed by atoms with Gasteiger partial charge in [-0.1, -0.05) is 11.6 Å². The summed E-state index contributed by atoms with van der Waals surface area (Å²) < 4.78 is 21.6. The van der Waals surface area contributed by atoms with Gasteiger partial charge in [-0.25, -0.2) is 8.91 Å². The van der Waals surface area contributed by atoms with Gasteiger partial charge in [-0.05, 0) is 56.3 Å². The molecule has 0 bridgehead atoms. The van der Waals surface area contributed by atoms with Gasteiger partial charge < -0.3 is 9.09 Å². The fourth-order valence-corrected chi connectivity index (χ4v) is 3.79. The lowest BCUT2D eigenvalue weighted by Crippen LogP contribution is -2.29. The summed E-state index contributed by atoms with van der Waals surface area (Å²) in [6.07, 6.45) is 7.02. The molecular weight excluding hydrogens is 387 g/mol. The summed E-state index contributed by atoms with van der Waals surface area (Å²) in [5.74, 6) is 0.723. The van der Waals surface area contributed by atoms with E-state index in [-0.39, 0.29) is 17.9 Å². The number of benzene rings is 1. The Morgan fingerprint density at radius 3 is 2.63 bits per heavy atom. The summed E-state index contributed by atoms with van der Waals surface area (Å²) in [6.45, 7) is 2.96. The highest BCUT2D eigenvalue weighted by atomic mass is 19.1. The number of halogens is 1. The van der Waals surface area contributed by atoms with Crippen molar-refractivity contribution >= 4 is 5.52 Å². The smallest absolute Gasteiger partial charge is 0.277 e. The van der Waals surface area contributed by atoms with Crippen molar-refractivity contribution in [2.75, 3.05) is 13.1 Å². The molecule has 8 nitrogen and oxygen atoms in total. The van der Waals surface area contributed by atoms with Gasteiger partial charge in [0.1, 0.15) is 11.3 Å². The highest BCUT2D eigenvalue weighted by Crippen LogP contribution is 2.19. The molecule has 4 aromatic rings. The topological polar surface area (TPSA) is 81.5 Å². The van der Waals surface area contributed by atoms with Gasteiger partial charge in [-0.3, -0.25) is 9.69 Å². The van der Waals surface area contributed by atoms with Crippen molar-refractivity contribution in [1.29, 1.82) is 0 Å². The fraction of sp³-hybridized carbons (Fsp3) is 0.333. The number of hydrogen-bond donors (Lipinski definition) is 0. The molecule has 1 fully saturated rings. The van der Waals surface area contributed by atoms with Crippen LogP contribution in [0.3, 0.4) is 0 Å². The maximum absolute atomic E-state index is 13.2. The minimum Gasteiger partial charge on any atom is -0.338 e. The molecule has 0 N–H and O–H groups in total. The molecule has 1 aliphatic heterocycles. The van der Waals surface area contributed by atoms with Crippen molar-refractivity contribution in [3.8, 4) is 11.3 Å². The molecule has 0 atom stereocenters. The summed E-state index contributed by atoms with van der Waals surface area (Å²) in [7, 11) is 0. The van der Waals surface area contributed by atoms with E-state index in [2.05, 4.69) is 20.1 Å². The van der Waals surface area contributed by atoms with Crippen LogP contribution in [-0.4, -0.2) is 42.3 Å². The Bertz CT molecular complexity index is 1220. The maximum Gasteiger partial charge on any atom is 0.277 e. The second-order valence-electron chi connectivity index (χ2n) is 7.54. The number of fused-ring (bicyclic) bond motifs is 1.